The van der Waals surface area contributed by atoms with Crippen LogP contribution in [0.15, 0.2) is 55.1 Å². The molecule has 10 nitrogen and oxygen atoms in total. The Balaban J connectivity index is 1.56. The third kappa shape index (κ3) is 3.98. The van der Waals surface area contributed by atoms with E-state index in [1.807, 2.05) is 29.8 Å². The minimum absolute atomic E-state index is 0.281. The smallest absolute Gasteiger partial charge is 0.254 e. The molecule has 0 fully saturated rings. The van der Waals surface area contributed by atoms with Crippen LogP contribution in [0.5, 0.6) is 0 Å². The lowest BCUT2D eigenvalue weighted by molar-refractivity contribution is 0.0963. The molecule has 0 saturated heterocycles. The van der Waals surface area contributed by atoms with Crippen molar-refractivity contribution in [3.8, 4) is 11.4 Å². The molecule has 5 rings (SSSR count). The van der Waals surface area contributed by atoms with Crippen molar-refractivity contribution in [2.24, 2.45) is 0 Å². The number of aromatic nitrogens is 5. The van der Waals surface area contributed by atoms with Crippen molar-refractivity contribution >= 4 is 34.6 Å². The Hall–Kier alpha value is -4.54. The molecule has 0 radical (unpaired) electrons. The fourth-order valence-electron chi connectivity index (χ4n) is 3.90. The van der Waals surface area contributed by atoms with Crippen LogP contribution in [0.25, 0.3) is 11.4 Å². The molecule has 11 heteroatoms. The van der Waals surface area contributed by atoms with Crippen LogP contribution in [0, 0.1) is 5.82 Å². The van der Waals surface area contributed by atoms with Gasteiger partial charge < -0.3 is 25.4 Å². The molecular formula is C23H22FN9O. The number of para-hydroxylation sites is 1. The molecule has 0 unspecified atom stereocenters. The lowest BCUT2D eigenvalue weighted by atomic mass is 10.1. The van der Waals surface area contributed by atoms with Gasteiger partial charge in [0.2, 0.25) is 0 Å². The molecule has 0 atom stereocenters. The Bertz CT molecular complexity index is 1350. The van der Waals surface area contributed by atoms with Gasteiger partial charge in [-0.3, -0.25) is 4.79 Å². The molecule has 1 aliphatic heterocycles. The number of fused-ring (bicyclic) bond motifs is 3. The summed E-state index contributed by atoms with van der Waals surface area (Å²) in [7, 11) is 3.58. The zero-order chi connectivity index (χ0) is 23.7. The summed E-state index contributed by atoms with van der Waals surface area (Å²) in [6.45, 7) is 1.52. The Kier molecular flexibility index (Phi) is 5.50. The number of nitrogens with zero attached hydrogens (tertiary/aromatic N) is 6. The van der Waals surface area contributed by atoms with Crippen LogP contribution in [-0.2, 0) is 6.54 Å². The first-order chi connectivity index (χ1) is 16.5. The van der Waals surface area contributed by atoms with Gasteiger partial charge in [-0.05, 0) is 24.3 Å². The van der Waals surface area contributed by atoms with Crippen molar-refractivity contribution in [2.45, 2.75) is 6.54 Å². The summed E-state index contributed by atoms with van der Waals surface area (Å²) in [5, 5.41) is 17.5. The van der Waals surface area contributed by atoms with E-state index < -0.39 is 5.82 Å². The van der Waals surface area contributed by atoms with Crippen LogP contribution in [0.4, 0.5) is 33.1 Å². The summed E-state index contributed by atoms with van der Waals surface area (Å²) < 4.78 is 15.2. The molecule has 0 spiro atoms. The Morgan fingerprint density at radius 1 is 1.03 bits per heavy atom. The fourth-order valence-corrected chi connectivity index (χ4v) is 3.90. The highest BCUT2D eigenvalue weighted by Crippen LogP contribution is 2.39. The number of nitrogens with one attached hydrogen (secondary N) is 3. The molecule has 0 bridgehead atoms. The van der Waals surface area contributed by atoms with E-state index in [2.05, 4.69) is 41.0 Å². The number of likely N-dealkylation sites (N-methyl/N-ethyl adjacent to an activating group) is 1. The zero-order valence-electron chi connectivity index (χ0n) is 18.6. The molecule has 4 aromatic rings. The second-order valence-electron chi connectivity index (χ2n) is 7.78. The fraction of sp³-hybridized carbons (Fsp3) is 0.174. The maximum absolute atomic E-state index is 13.2. The minimum Gasteiger partial charge on any atom is -0.371 e. The molecule has 34 heavy (non-hydrogen) atoms. The first-order valence-electron chi connectivity index (χ1n) is 10.6. The molecule has 0 saturated carbocycles. The monoisotopic (exact) mass is 459 g/mol. The number of benzene rings is 1. The van der Waals surface area contributed by atoms with Gasteiger partial charge in [-0.2, -0.15) is 0 Å². The maximum atomic E-state index is 13.2. The van der Waals surface area contributed by atoms with E-state index >= 15 is 0 Å². The molecule has 1 aromatic carbocycles. The number of amides is 1. The third-order valence-electron chi connectivity index (χ3n) is 5.58. The lowest BCUT2D eigenvalue weighted by Gasteiger charge is -2.23. The summed E-state index contributed by atoms with van der Waals surface area (Å²) in [5.41, 5.74) is 3.61. The Labute approximate surface area is 194 Å². The zero-order valence-corrected chi connectivity index (χ0v) is 18.6. The van der Waals surface area contributed by atoms with E-state index in [-0.39, 0.29) is 5.91 Å². The highest BCUT2D eigenvalue weighted by molar-refractivity contribution is 6.01. The van der Waals surface area contributed by atoms with Crippen LogP contribution in [0.3, 0.4) is 0 Å². The molecule has 1 aliphatic rings. The molecule has 3 aromatic heterocycles. The quantitative estimate of drug-likeness (QED) is 0.417. The summed E-state index contributed by atoms with van der Waals surface area (Å²) in [6, 6.07) is 10.4. The van der Waals surface area contributed by atoms with Crippen LogP contribution in [-0.4, -0.2) is 51.3 Å². The van der Waals surface area contributed by atoms with E-state index in [0.717, 1.165) is 42.0 Å². The molecule has 1 amide bonds. The number of anilines is 5. The van der Waals surface area contributed by atoms with Crippen LogP contribution < -0.4 is 20.9 Å². The predicted octanol–water partition coefficient (Wildman–Crippen LogP) is 3.17. The average Bonchev–Trinajstić information content (AvgIpc) is 3.27. The highest BCUT2D eigenvalue weighted by Gasteiger charge is 2.23. The number of halogens is 1. The van der Waals surface area contributed by atoms with Crippen LogP contribution in [0.1, 0.15) is 10.4 Å². The minimum atomic E-state index is -0.430. The van der Waals surface area contributed by atoms with E-state index in [0.29, 0.717) is 22.9 Å². The number of carbonyl (C=O) groups is 1. The van der Waals surface area contributed by atoms with Gasteiger partial charge in [0.05, 0.1) is 28.8 Å². The average molecular weight is 459 g/mol. The molecule has 3 N–H and O–H groups in total. The SMILES string of the molecule is CNC(=O)c1cnc(Nc2ccc(F)cn2)cc1Nc1cccc2c1N(C)CCn1cnnc1-2. The number of rotatable bonds is 5. The summed E-state index contributed by atoms with van der Waals surface area (Å²) in [5.74, 6) is 0.954. The lowest BCUT2D eigenvalue weighted by Crippen LogP contribution is -2.22. The number of hydrogen-bond acceptors (Lipinski definition) is 8. The second kappa shape index (κ2) is 8.77. The first-order valence-corrected chi connectivity index (χ1v) is 10.6. The molecule has 0 aliphatic carbocycles. The van der Waals surface area contributed by atoms with Crippen molar-refractivity contribution in [2.75, 3.05) is 36.2 Å². The Morgan fingerprint density at radius 2 is 1.88 bits per heavy atom. The molecule has 4 heterocycles. The van der Waals surface area contributed by atoms with Gasteiger partial charge >= 0.3 is 0 Å². The van der Waals surface area contributed by atoms with Crippen molar-refractivity contribution in [3.05, 3.63) is 66.5 Å². The number of carbonyl (C=O) groups excluding carboxylic acids is 1. The van der Waals surface area contributed by atoms with Crippen molar-refractivity contribution < 1.29 is 9.18 Å². The van der Waals surface area contributed by atoms with Gasteiger partial charge in [0, 0.05) is 45.0 Å². The highest BCUT2D eigenvalue weighted by atomic mass is 19.1. The van der Waals surface area contributed by atoms with Gasteiger partial charge in [0.15, 0.2) is 5.82 Å². The van der Waals surface area contributed by atoms with E-state index in [1.165, 1.54) is 18.3 Å². The largest absolute Gasteiger partial charge is 0.371 e. The summed E-state index contributed by atoms with van der Waals surface area (Å²) in [4.78, 5) is 23.1. The third-order valence-corrected chi connectivity index (χ3v) is 5.58. The molecule has 172 valence electrons. The summed E-state index contributed by atoms with van der Waals surface area (Å²) >= 11 is 0. The van der Waals surface area contributed by atoms with Gasteiger partial charge in [-0.25, -0.2) is 14.4 Å². The van der Waals surface area contributed by atoms with Crippen molar-refractivity contribution in [1.82, 2.24) is 30.0 Å². The topological polar surface area (TPSA) is 113 Å². The second-order valence-corrected chi connectivity index (χ2v) is 7.78. The van der Waals surface area contributed by atoms with Gasteiger partial charge in [0.1, 0.15) is 23.8 Å². The maximum Gasteiger partial charge on any atom is 0.254 e. The van der Waals surface area contributed by atoms with Gasteiger partial charge in [0.25, 0.3) is 5.91 Å². The van der Waals surface area contributed by atoms with Crippen LogP contribution in [0.2, 0.25) is 0 Å². The van der Waals surface area contributed by atoms with Gasteiger partial charge in [-0.15, -0.1) is 10.2 Å². The summed E-state index contributed by atoms with van der Waals surface area (Å²) in [6.07, 6.45) is 4.33. The van der Waals surface area contributed by atoms with Crippen molar-refractivity contribution in [3.63, 3.8) is 0 Å². The van der Waals surface area contributed by atoms with E-state index in [1.54, 1.807) is 19.4 Å². The first kappa shape index (κ1) is 21.3. The standard InChI is InChI=1S/C23H22FN9O/c1-25-23(34)16-12-27-20(30-19-7-6-14(24)11-26-19)10-18(16)29-17-5-3-4-15-21(17)32(2)8-9-33-13-28-31-22(15)33/h3-7,10-13H,8-9H2,1-2H3,(H,25,34)(H2,26,27,29,30). The number of hydrogen-bond donors (Lipinski definition) is 3. The molecular weight excluding hydrogens is 437 g/mol. The van der Waals surface area contributed by atoms with Gasteiger partial charge in [-0.1, -0.05) is 6.07 Å². The number of pyridine rings is 2. The van der Waals surface area contributed by atoms with E-state index in [9.17, 15) is 9.18 Å². The predicted molar refractivity (Wildman–Crippen MR) is 127 cm³/mol. The Morgan fingerprint density at radius 3 is 2.68 bits per heavy atom. The normalized spacial score (nSPS) is 12.4. The van der Waals surface area contributed by atoms with E-state index in [4.69, 9.17) is 0 Å². The van der Waals surface area contributed by atoms with Crippen molar-refractivity contribution in [1.29, 1.82) is 0 Å². The van der Waals surface area contributed by atoms with Crippen LogP contribution >= 0.6 is 0 Å².